The smallest absolute Gasteiger partial charge is 0.326 e. The topological polar surface area (TPSA) is 131 Å². The first-order valence-corrected chi connectivity index (χ1v) is 6.58. The fourth-order valence-corrected chi connectivity index (χ4v) is 2.06. The summed E-state index contributed by atoms with van der Waals surface area (Å²) in [6.45, 7) is 2.48. The van der Waals surface area contributed by atoms with Crippen molar-refractivity contribution in [1.29, 1.82) is 0 Å². The molecule has 1 heterocycles. The van der Waals surface area contributed by atoms with Crippen molar-refractivity contribution in [3.63, 3.8) is 0 Å². The number of carbonyl (C=O) groups excluding carboxylic acids is 2. The first kappa shape index (κ1) is 16.2. The molecule has 0 aromatic rings. The molecular formula is C12H21N3O5. The Kier molecular flexibility index (Phi) is 6.23. The summed E-state index contributed by atoms with van der Waals surface area (Å²) in [7, 11) is 0. The van der Waals surface area contributed by atoms with Crippen LogP contribution in [0.5, 0.6) is 0 Å². The van der Waals surface area contributed by atoms with Crippen LogP contribution in [0.1, 0.15) is 32.6 Å². The molecular weight excluding hydrogens is 266 g/mol. The highest BCUT2D eigenvalue weighted by Gasteiger charge is 2.24. The summed E-state index contributed by atoms with van der Waals surface area (Å²) < 4.78 is 5.36. The van der Waals surface area contributed by atoms with E-state index >= 15 is 0 Å². The number of aliphatic carboxylic acids is 1. The third kappa shape index (κ3) is 5.87. The van der Waals surface area contributed by atoms with E-state index in [1.807, 2.05) is 6.92 Å². The number of primary amides is 1. The van der Waals surface area contributed by atoms with Crippen LogP contribution in [0, 0.1) is 0 Å². The van der Waals surface area contributed by atoms with Gasteiger partial charge in [-0.05, 0) is 26.2 Å². The maximum absolute atomic E-state index is 11.7. The largest absolute Gasteiger partial charge is 0.480 e. The molecule has 3 atom stereocenters. The van der Waals surface area contributed by atoms with Gasteiger partial charge in [-0.25, -0.2) is 9.59 Å². The minimum atomic E-state index is -1.19. The highest BCUT2D eigenvalue weighted by atomic mass is 16.5. The SMILES string of the molecule is CC1CC(NC(=O)NC(CCC(N)=O)C(=O)O)CCO1. The molecule has 20 heavy (non-hydrogen) atoms. The van der Waals surface area contributed by atoms with Crippen LogP contribution in [-0.4, -0.2) is 47.8 Å². The molecule has 5 N–H and O–H groups in total. The highest BCUT2D eigenvalue weighted by Crippen LogP contribution is 2.12. The van der Waals surface area contributed by atoms with Crippen LogP contribution in [-0.2, 0) is 14.3 Å². The van der Waals surface area contributed by atoms with Crippen LogP contribution in [0.4, 0.5) is 4.79 Å². The second kappa shape index (κ2) is 7.68. The molecule has 1 saturated heterocycles. The highest BCUT2D eigenvalue weighted by molar-refractivity contribution is 5.83. The monoisotopic (exact) mass is 287 g/mol. The van der Waals surface area contributed by atoms with Crippen molar-refractivity contribution < 1.29 is 24.2 Å². The molecule has 3 amide bonds. The Hall–Kier alpha value is -1.83. The standard InChI is InChI=1S/C12H21N3O5/c1-7-6-8(4-5-20-7)14-12(19)15-9(11(17)18)2-3-10(13)16/h7-9H,2-6H2,1H3,(H2,13,16)(H,17,18)(H2,14,15,19). The zero-order valence-corrected chi connectivity index (χ0v) is 11.4. The molecule has 3 unspecified atom stereocenters. The van der Waals surface area contributed by atoms with Gasteiger partial charge in [0.2, 0.25) is 5.91 Å². The molecule has 1 aliphatic heterocycles. The average molecular weight is 287 g/mol. The van der Waals surface area contributed by atoms with E-state index in [-0.39, 0.29) is 25.0 Å². The van der Waals surface area contributed by atoms with E-state index in [9.17, 15) is 14.4 Å². The van der Waals surface area contributed by atoms with Crippen LogP contribution in [0.3, 0.4) is 0 Å². The Morgan fingerprint density at radius 3 is 2.70 bits per heavy atom. The Morgan fingerprint density at radius 1 is 1.45 bits per heavy atom. The number of rotatable bonds is 6. The first-order valence-electron chi connectivity index (χ1n) is 6.58. The molecule has 114 valence electrons. The third-order valence-electron chi connectivity index (χ3n) is 3.10. The number of carboxylic acid groups (broad SMARTS) is 1. The molecule has 8 nitrogen and oxygen atoms in total. The van der Waals surface area contributed by atoms with E-state index in [1.54, 1.807) is 0 Å². The van der Waals surface area contributed by atoms with Crippen molar-refractivity contribution in [2.24, 2.45) is 5.73 Å². The summed E-state index contributed by atoms with van der Waals surface area (Å²) >= 11 is 0. The molecule has 0 aromatic heterocycles. The van der Waals surface area contributed by atoms with Gasteiger partial charge in [0.25, 0.3) is 0 Å². The number of nitrogens with one attached hydrogen (secondary N) is 2. The van der Waals surface area contributed by atoms with Crippen LogP contribution in [0.15, 0.2) is 0 Å². The zero-order chi connectivity index (χ0) is 15.1. The van der Waals surface area contributed by atoms with Gasteiger partial charge in [-0.1, -0.05) is 0 Å². The van der Waals surface area contributed by atoms with Gasteiger partial charge in [0, 0.05) is 19.1 Å². The molecule has 0 bridgehead atoms. The van der Waals surface area contributed by atoms with E-state index in [0.717, 1.165) is 0 Å². The predicted octanol–water partition coefficient (Wildman–Crippen LogP) is -0.428. The fraction of sp³-hybridized carbons (Fsp3) is 0.750. The van der Waals surface area contributed by atoms with Gasteiger partial charge in [0.15, 0.2) is 0 Å². The number of ether oxygens (including phenoxy) is 1. The lowest BCUT2D eigenvalue weighted by atomic mass is 10.0. The number of carboxylic acids is 1. The van der Waals surface area contributed by atoms with Gasteiger partial charge in [0.1, 0.15) is 6.04 Å². The Bertz CT molecular complexity index is 374. The second-order valence-corrected chi connectivity index (χ2v) is 4.92. The van der Waals surface area contributed by atoms with Crippen molar-refractivity contribution in [3.05, 3.63) is 0 Å². The molecule has 8 heteroatoms. The lowest BCUT2D eigenvalue weighted by molar-refractivity contribution is -0.139. The normalized spacial score (nSPS) is 23.6. The van der Waals surface area contributed by atoms with Crippen molar-refractivity contribution >= 4 is 17.9 Å². The molecule has 0 radical (unpaired) electrons. The van der Waals surface area contributed by atoms with Crippen molar-refractivity contribution in [1.82, 2.24) is 10.6 Å². The van der Waals surface area contributed by atoms with Crippen molar-refractivity contribution in [2.75, 3.05) is 6.61 Å². The van der Waals surface area contributed by atoms with Crippen molar-refractivity contribution in [3.8, 4) is 0 Å². The molecule has 1 aliphatic rings. The van der Waals surface area contributed by atoms with Gasteiger partial charge in [-0.15, -0.1) is 0 Å². The summed E-state index contributed by atoms with van der Waals surface area (Å²) in [6, 6.07) is -1.72. The minimum absolute atomic E-state index is 0.0255. The van der Waals surface area contributed by atoms with E-state index in [1.165, 1.54) is 0 Å². The summed E-state index contributed by atoms with van der Waals surface area (Å²) in [5.74, 6) is -1.79. The zero-order valence-electron chi connectivity index (χ0n) is 11.4. The Balaban J connectivity index is 2.40. The third-order valence-corrected chi connectivity index (χ3v) is 3.10. The van der Waals surface area contributed by atoms with Crippen LogP contribution in [0.25, 0.3) is 0 Å². The average Bonchev–Trinajstić information content (AvgIpc) is 2.33. The van der Waals surface area contributed by atoms with Crippen LogP contribution < -0.4 is 16.4 Å². The summed E-state index contributed by atoms with van der Waals surface area (Å²) in [5.41, 5.74) is 4.96. The molecule has 0 aromatic carbocycles. The summed E-state index contributed by atoms with van der Waals surface area (Å²) in [5, 5.41) is 14.0. The number of carbonyl (C=O) groups is 3. The number of hydrogen-bond donors (Lipinski definition) is 4. The second-order valence-electron chi connectivity index (χ2n) is 4.92. The van der Waals surface area contributed by atoms with E-state index in [2.05, 4.69) is 10.6 Å². The lowest BCUT2D eigenvalue weighted by Crippen LogP contribution is -2.51. The van der Waals surface area contributed by atoms with E-state index in [4.69, 9.17) is 15.6 Å². The number of hydrogen-bond acceptors (Lipinski definition) is 4. The quantitative estimate of drug-likeness (QED) is 0.526. The number of urea groups is 1. The van der Waals surface area contributed by atoms with Gasteiger partial charge >= 0.3 is 12.0 Å². The maximum atomic E-state index is 11.7. The van der Waals surface area contributed by atoms with Gasteiger partial charge < -0.3 is 26.2 Å². The van der Waals surface area contributed by atoms with Gasteiger partial charge in [-0.3, -0.25) is 4.79 Å². The minimum Gasteiger partial charge on any atom is -0.480 e. The molecule has 1 fully saturated rings. The first-order chi connectivity index (χ1) is 9.38. The fourth-order valence-electron chi connectivity index (χ4n) is 2.06. The van der Waals surface area contributed by atoms with Crippen molar-refractivity contribution in [2.45, 2.75) is 50.8 Å². The van der Waals surface area contributed by atoms with Gasteiger partial charge in [0.05, 0.1) is 6.10 Å². The van der Waals surface area contributed by atoms with Crippen LogP contribution in [0.2, 0.25) is 0 Å². The lowest BCUT2D eigenvalue weighted by Gasteiger charge is -2.28. The molecule has 0 aliphatic carbocycles. The summed E-state index contributed by atoms with van der Waals surface area (Å²) in [6.07, 6.45) is 1.33. The van der Waals surface area contributed by atoms with E-state index in [0.29, 0.717) is 19.4 Å². The molecule has 1 rings (SSSR count). The van der Waals surface area contributed by atoms with E-state index < -0.39 is 23.9 Å². The molecule has 0 saturated carbocycles. The Morgan fingerprint density at radius 2 is 2.15 bits per heavy atom. The van der Waals surface area contributed by atoms with Gasteiger partial charge in [-0.2, -0.15) is 0 Å². The Labute approximate surface area is 117 Å². The maximum Gasteiger partial charge on any atom is 0.326 e. The molecule has 0 spiro atoms. The number of amides is 3. The van der Waals surface area contributed by atoms with Crippen LogP contribution >= 0.6 is 0 Å². The number of nitrogens with two attached hydrogens (primary N) is 1. The predicted molar refractivity (Wildman–Crippen MR) is 70.0 cm³/mol. The summed E-state index contributed by atoms with van der Waals surface area (Å²) in [4.78, 5) is 33.4.